The normalized spacial score (nSPS) is 18.4. The lowest BCUT2D eigenvalue weighted by Crippen LogP contribution is -2.33. The molecule has 0 saturated heterocycles. The number of hydrogen-bond acceptors (Lipinski definition) is 4. The van der Waals surface area contributed by atoms with Gasteiger partial charge in [-0.05, 0) is 68.2 Å². The number of rotatable bonds is 7. The van der Waals surface area contributed by atoms with Crippen LogP contribution in [0.5, 0.6) is 0 Å². The third kappa shape index (κ3) is 4.39. The minimum atomic E-state index is -3.54. The van der Waals surface area contributed by atoms with Crippen LogP contribution in [0.3, 0.4) is 0 Å². The van der Waals surface area contributed by atoms with Crippen molar-refractivity contribution in [2.24, 2.45) is 0 Å². The molecule has 0 saturated carbocycles. The average molecular weight is 417 g/mol. The van der Waals surface area contributed by atoms with Crippen molar-refractivity contribution in [1.82, 2.24) is 5.32 Å². The summed E-state index contributed by atoms with van der Waals surface area (Å²) in [5, 5.41) is 2.85. The molecular weight excluding hydrogens is 388 g/mol. The van der Waals surface area contributed by atoms with Crippen LogP contribution in [0.25, 0.3) is 0 Å². The fraction of sp³-hybridized carbons (Fsp3) is 0.545. The molecule has 3 aliphatic rings. The molecule has 6 nitrogen and oxygen atoms in total. The fourth-order valence-corrected chi connectivity index (χ4v) is 5.87. The van der Waals surface area contributed by atoms with Gasteiger partial charge in [-0.2, -0.15) is 0 Å². The second kappa shape index (κ2) is 8.30. The molecule has 1 aromatic carbocycles. The molecule has 2 heterocycles. The molecule has 1 N–H and O–H groups in total. The maximum atomic E-state index is 12.8. The van der Waals surface area contributed by atoms with Crippen LogP contribution in [0.2, 0.25) is 0 Å². The summed E-state index contributed by atoms with van der Waals surface area (Å²) >= 11 is 0. The molecule has 0 radical (unpaired) electrons. The van der Waals surface area contributed by atoms with Crippen molar-refractivity contribution in [3.8, 4) is 0 Å². The van der Waals surface area contributed by atoms with Gasteiger partial charge in [0.1, 0.15) is 0 Å². The van der Waals surface area contributed by atoms with E-state index >= 15 is 0 Å². The Morgan fingerprint density at radius 2 is 1.86 bits per heavy atom. The van der Waals surface area contributed by atoms with Gasteiger partial charge < -0.3 is 10.2 Å². The number of aryl methyl sites for hydroxylation is 1. The lowest BCUT2D eigenvalue weighted by Gasteiger charge is -2.25. The van der Waals surface area contributed by atoms with Gasteiger partial charge in [0.25, 0.3) is 0 Å². The topological polar surface area (TPSA) is 83.6 Å². The number of nitrogens with zero attached hydrogens (tertiary/aromatic N) is 1. The molecule has 1 aliphatic carbocycles. The quantitative estimate of drug-likeness (QED) is 0.693. The number of hydrogen-bond donors (Lipinski definition) is 1. The van der Waals surface area contributed by atoms with Crippen molar-refractivity contribution in [3.63, 3.8) is 0 Å². The van der Waals surface area contributed by atoms with Crippen LogP contribution in [-0.2, 0) is 32.3 Å². The Morgan fingerprint density at radius 3 is 2.62 bits per heavy atom. The molecule has 2 aliphatic heterocycles. The van der Waals surface area contributed by atoms with Crippen molar-refractivity contribution >= 4 is 27.3 Å². The van der Waals surface area contributed by atoms with Crippen molar-refractivity contribution in [2.75, 3.05) is 23.7 Å². The zero-order valence-electron chi connectivity index (χ0n) is 16.7. The number of amides is 2. The maximum Gasteiger partial charge on any atom is 0.227 e. The Morgan fingerprint density at radius 1 is 1.07 bits per heavy atom. The monoisotopic (exact) mass is 416 g/mol. The van der Waals surface area contributed by atoms with Crippen LogP contribution >= 0.6 is 0 Å². The van der Waals surface area contributed by atoms with Gasteiger partial charge in [-0.25, -0.2) is 8.42 Å². The highest BCUT2D eigenvalue weighted by Crippen LogP contribution is 2.38. The highest BCUT2D eigenvalue weighted by molar-refractivity contribution is 7.91. The summed E-state index contributed by atoms with van der Waals surface area (Å²) in [6.45, 7) is 1.20. The van der Waals surface area contributed by atoms with E-state index in [2.05, 4.69) is 11.4 Å². The first-order valence-corrected chi connectivity index (χ1v) is 12.2. The summed E-state index contributed by atoms with van der Waals surface area (Å²) in [5.74, 6) is -0.292. The van der Waals surface area contributed by atoms with E-state index in [-0.39, 0.29) is 28.9 Å². The summed E-state index contributed by atoms with van der Waals surface area (Å²) in [7, 11) is -3.54. The van der Waals surface area contributed by atoms with E-state index in [4.69, 9.17) is 0 Å². The predicted octanol–water partition coefficient (Wildman–Crippen LogP) is 2.69. The van der Waals surface area contributed by atoms with E-state index in [0.717, 1.165) is 36.1 Å². The third-order valence-electron chi connectivity index (χ3n) is 6.14. The van der Waals surface area contributed by atoms with Crippen molar-refractivity contribution < 1.29 is 18.0 Å². The molecule has 156 valence electrons. The Kier molecular flexibility index (Phi) is 5.76. The molecular formula is C22H28N2O4S. The van der Waals surface area contributed by atoms with Gasteiger partial charge in [0.05, 0.1) is 16.3 Å². The first kappa shape index (κ1) is 20.1. The zero-order valence-corrected chi connectivity index (χ0v) is 17.5. The molecule has 0 fully saturated rings. The van der Waals surface area contributed by atoms with Crippen LogP contribution in [0, 0.1) is 0 Å². The summed E-state index contributed by atoms with van der Waals surface area (Å²) in [6.07, 6.45) is 9.46. The van der Waals surface area contributed by atoms with E-state index in [9.17, 15) is 18.0 Å². The van der Waals surface area contributed by atoms with Gasteiger partial charge in [-0.15, -0.1) is 0 Å². The van der Waals surface area contributed by atoms with Gasteiger partial charge in [-0.1, -0.05) is 11.6 Å². The van der Waals surface area contributed by atoms with Gasteiger partial charge in [-0.3, -0.25) is 9.59 Å². The zero-order chi connectivity index (χ0) is 20.4. The standard InChI is InChI=1S/C22H28N2O4S/c25-20(23-11-8-16-4-2-1-3-5-16)10-13-29(27,28)19-14-17-6-7-21(26)24-12-9-18(15-19)22(17)24/h4,14-15H,1-3,5-13H2,(H,23,25). The van der Waals surface area contributed by atoms with Crippen molar-refractivity contribution in [1.29, 1.82) is 0 Å². The summed E-state index contributed by atoms with van der Waals surface area (Å²) < 4.78 is 25.6. The first-order chi connectivity index (χ1) is 13.9. The minimum absolute atomic E-state index is 0.0294. The summed E-state index contributed by atoms with van der Waals surface area (Å²) in [6, 6.07) is 3.40. The van der Waals surface area contributed by atoms with E-state index in [0.29, 0.717) is 32.4 Å². The van der Waals surface area contributed by atoms with E-state index in [1.54, 1.807) is 17.0 Å². The lowest BCUT2D eigenvalue weighted by atomic mass is 9.97. The number of allylic oxidation sites excluding steroid dienone is 1. The van der Waals surface area contributed by atoms with Crippen LogP contribution in [-0.4, -0.2) is 39.1 Å². The Hall–Kier alpha value is -2.15. The number of carbonyl (C=O) groups excluding carboxylic acids is 2. The second-order valence-corrected chi connectivity index (χ2v) is 10.3. The Bertz CT molecular complexity index is 965. The minimum Gasteiger partial charge on any atom is -0.356 e. The highest BCUT2D eigenvalue weighted by Gasteiger charge is 2.32. The lowest BCUT2D eigenvalue weighted by molar-refractivity contribution is -0.120. The molecule has 4 rings (SSSR count). The highest BCUT2D eigenvalue weighted by atomic mass is 32.2. The maximum absolute atomic E-state index is 12.8. The van der Waals surface area contributed by atoms with Crippen LogP contribution in [0.15, 0.2) is 28.7 Å². The van der Waals surface area contributed by atoms with E-state index in [1.165, 1.54) is 18.4 Å². The molecule has 7 heteroatoms. The molecule has 0 unspecified atom stereocenters. The third-order valence-corrected chi connectivity index (χ3v) is 7.83. The van der Waals surface area contributed by atoms with Gasteiger partial charge >= 0.3 is 0 Å². The second-order valence-electron chi connectivity index (χ2n) is 8.16. The van der Waals surface area contributed by atoms with Crippen LogP contribution in [0.1, 0.15) is 56.1 Å². The number of benzene rings is 1. The molecule has 0 atom stereocenters. The fourth-order valence-electron chi connectivity index (χ4n) is 4.53. The van der Waals surface area contributed by atoms with Crippen molar-refractivity contribution in [3.05, 3.63) is 34.9 Å². The van der Waals surface area contributed by atoms with Crippen molar-refractivity contribution in [2.45, 2.75) is 62.7 Å². The molecule has 2 amide bonds. The number of nitrogens with one attached hydrogen (secondary N) is 1. The van der Waals surface area contributed by atoms with Gasteiger partial charge in [0.2, 0.25) is 11.8 Å². The number of carbonyl (C=O) groups is 2. The van der Waals surface area contributed by atoms with E-state index < -0.39 is 9.84 Å². The predicted molar refractivity (Wildman–Crippen MR) is 112 cm³/mol. The molecule has 29 heavy (non-hydrogen) atoms. The van der Waals surface area contributed by atoms with Gasteiger partial charge in [0, 0.05) is 25.9 Å². The molecule has 0 aromatic heterocycles. The Labute approximate surface area is 172 Å². The molecule has 1 aromatic rings. The molecule has 0 bridgehead atoms. The van der Waals surface area contributed by atoms with Gasteiger partial charge in [0.15, 0.2) is 9.84 Å². The summed E-state index contributed by atoms with van der Waals surface area (Å²) in [4.78, 5) is 26.2. The average Bonchev–Trinajstić information content (AvgIpc) is 3.15. The molecule has 0 spiro atoms. The summed E-state index contributed by atoms with van der Waals surface area (Å²) in [5.41, 5.74) is 4.17. The number of sulfone groups is 1. The smallest absolute Gasteiger partial charge is 0.227 e. The number of anilines is 1. The Balaban J connectivity index is 1.35. The first-order valence-electron chi connectivity index (χ1n) is 10.6. The SMILES string of the molecule is O=C(CCS(=O)(=O)c1cc2c3c(c1)CCN3C(=O)CC2)NCCC1=CCCCC1. The van der Waals surface area contributed by atoms with Crippen LogP contribution < -0.4 is 10.2 Å². The largest absolute Gasteiger partial charge is 0.356 e. The van der Waals surface area contributed by atoms with Crippen LogP contribution in [0.4, 0.5) is 5.69 Å². The van der Waals surface area contributed by atoms with E-state index in [1.807, 2.05) is 0 Å².